The zero-order valence-electron chi connectivity index (χ0n) is 38.9. The van der Waals surface area contributed by atoms with E-state index >= 15 is 0 Å². The predicted octanol–water partition coefficient (Wildman–Crippen LogP) is 1.05. The quantitative estimate of drug-likeness (QED) is 0.0371. The van der Waals surface area contributed by atoms with Crippen molar-refractivity contribution in [2.75, 3.05) is 44.4 Å². The summed E-state index contributed by atoms with van der Waals surface area (Å²) in [4.78, 5) is 88.4. The average Bonchev–Trinajstić information content (AvgIpc) is 3.84. The molecule has 11 atom stereocenters. The third kappa shape index (κ3) is 19.7. The van der Waals surface area contributed by atoms with Crippen molar-refractivity contribution in [3.05, 3.63) is 12.7 Å². The normalized spacial score (nSPS) is 25.3. The van der Waals surface area contributed by atoms with E-state index in [-0.39, 0.29) is 54.1 Å². The molecule has 0 saturated carbocycles. The van der Waals surface area contributed by atoms with Gasteiger partial charge >= 0.3 is 23.5 Å². The smallest absolute Gasteiger partial charge is 0.390 e. The van der Waals surface area contributed by atoms with Crippen LogP contribution < -0.4 is 16.4 Å². The van der Waals surface area contributed by atoms with E-state index in [0.717, 1.165) is 80.4 Å². The van der Waals surface area contributed by atoms with Crippen LogP contribution >= 0.6 is 35.2 Å². The summed E-state index contributed by atoms with van der Waals surface area (Å²) in [6.45, 7) is 2.69. The summed E-state index contributed by atoms with van der Waals surface area (Å²) in [6, 6.07) is 0. The molecule has 400 valence electrons. The number of anilines is 1. The van der Waals surface area contributed by atoms with E-state index in [4.69, 9.17) is 29.0 Å². The predicted molar refractivity (Wildman–Crippen MR) is 246 cm³/mol. The number of nitrogen functional groups attached to an aromatic ring is 1. The fraction of sp³-hybridized carbons (Fsp3) is 0.789. The first-order valence-electron chi connectivity index (χ1n) is 22.5. The van der Waals surface area contributed by atoms with E-state index in [2.05, 4.69) is 34.4 Å². The minimum Gasteiger partial charge on any atom is -0.390 e. The standard InChI is InChI=1S/C38H66N7O21P3S/c1-23-24(46)18-25(47)37(63-23)60-16-11-9-7-5-4-6-8-10-12-28(49)70-17-15-40-27(48)13-14-41-35(52)32(51)38(2,3)20-62-69(58,59)66-68(56,57)61-19-26-31(65-67(53,54)55)30(50)36(64-26)45-22-44-29-33(39)42-21-43-34(29)45/h21-26,30-32,36-37,46-47,50-51H,4-20H2,1-3H3,(H,40,48)(H,41,52)(H,56,57)(H,58,59)(H2,39,42,43)(H2,53,54,55)/t23-,24+,25+,26+,30+,31+,32-,36+,37+/m0/s1. The van der Waals surface area contributed by atoms with Gasteiger partial charge in [-0.2, -0.15) is 4.31 Å². The number of carbonyl (C=O) groups is 3. The number of fused-ring (bicyclic) bond motifs is 1. The lowest BCUT2D eigenvalue weighted by Gasteiger charge is -2.35. The minimum atomic E-state index is -5.59. The molecule has 2 aromatic heterocycles. The number of hydrogen-bond acceptors (Lipinski definition) is 22. The molecule has 0 aromatic carbocycles. The molecule has 2 saturated heterocycles. The van der Waals surface area contributed by atoms with Gasteiger partial charge in [-0.15, -0.1) is 0 Å². The molecule has 12 N–H and O–H groups in total. The number of phosphoric ester groups is 3. The number of carbonyl (C=O) groups excluding carboxylic acids is 3. The molecule has 0 radical (unpaired) electrons. The highest BCUT2D eigenvalue weighted by atomic mass is 32.2. The van der Waals surface area contributed by atoms with Crippen molar-refractivity contribution in [1.82, 2.24) is 30.2 Å². The maximum atomic E-state index is 12.7. The maximum Gasteiger partial charge on any atom is 0.481 e. The SMILES string of the molecule is C[C@@H]1O[C@@H](OCCCCCCCCCCC(=O)SCCNC(=O)CCNC(=O)[C@H](O)C(C)(C)COP(=O)(O)OP(=O)(O)OC[C@H]2O[C@@H](n3cnc4c(N)ncnc43)[C@H](O)[C@@H]2OP(=O)(O)O)[C@H](O)C[C@H]1O. The molecule has 0 aliphatic carbocycles. The van der Waals surface area contributed by atoms with Crippen LogP contribution in [0.1, 0.15) is 97.6 Å². The molecular formula is C38H66N7O21P3S. The fourth-order valence-corrected chi connectivity index (χ4v) is 10.6. The van der Waals surface area contributed by atoms with E-state index in [0.29, 0.717) is 18.8 Å². The van der Waals surface area contributed by atoms with Crippen molar-refractivity contribution < 1.29 is 100 Å². The van der Waals surface area contributed by atoms with E-state index in [1.165, 1.54) is 13.8 Å². The van der Waals surface area contributed by atoms with Crippen LogP contribution in [0.25, 0.3) is 11.2 Å². The van der Waals surface area contributed by atoms with Gasteiger partial charge in [0.25, 0.3) is 0 Å². The van der Waals surface area contributed by atoms with Gasteiger partial charge in [-0.25, -0.2) is 28.6 Å². The van der Waals surface area contributed by atoms with Gasteiger partial charge < -0.3 is 70.6 Å². The lowest BCUT2D eigenvalue weighted by atomic mass is 9.87. The number of rotatable bonds is 31. The van der Waals surface area contributed by atoms with Crippen LogP contribution in [0.15, 0.2) is 12.7 Å². The summed E-state index contributed by atoms with van der Waals surface area (Å²) >= 11 is 1.11. The number of nitrogens with zero attached hydrogens (tertiary/aromatic N) is 4. The Bertz CT molecular complexity index is 2160. The summed E-state index contributed by atoms with van der Waals surface area (Å²) in [5, 5.41) is 46.3. The summed E-state index contributed by atoms with van der Waals surface area (Å²) < 4.78 is 73.5. The molecule has 28 nitrogen and oxygen atoms in total. The van der Waals surface area contributed by atoms with Crippen LogP contribution in [-0.4, -0.2) is 164 Å². The molecule has 0 bridgehead atoms. The number of imidazole rings is 1. The molecule has 0 spiro atoms. The molecular weight excluding hydrogens is 1020 g/mol. The second kappa shape index (κ2) is 27.6. The monoisotopic (exact) mass is 1080 g/mol. The first-order chi connectivity index (χ1) is 32.8. The zero-order valence-corrected chi connectivity index (χ0v) is 42.4. The van der Waals surface area contributed by atoms with E-state index < -0.39 is 103 Å². The Morgan fingerprint density at radius 3 is 2.24 bits per heavy atom. The molecule has 2 aliphatic rings. The van der Waals surface area contributed by atoms with E-state index in [9.17, 15) is 68.1 Å². The van der Waals surface area contributed by atoms with Gasteiger partial charge in [0.2, 0.25) is 11.8 Å². The first-order valence-corrected chi connectivity index (χ1v) is 28.0. The molecule has 2 fully saturated rings. The van der Waals surface area contributed by atoms with Crippen molar-refractivity contribution in [3.63, 3.8) is 0 Å². The Hall–Kier alpha value is -2.60. The van der Waals surface area contributed by atoms with Crippen LogP contribution in [0.3, 0.4) is 0 Å². The Labute approximate surface area is 407 Å². The third-order valence-electron chi connectivity index (χ3n) is 11.0. The molecule has 70 heavy (non-hydrogen) atoms. The van der Waals surface area contributed by atoms with Crippen molar-refractivity contribution >= 4 is 69.1 Å². The van der Waals surface area contributed by atoms with E-state index in [1.807, 2.05) is 0 Å². The van der Waals surface area contributed by atoms with Gasteiger partial charge in [0, 0.05) is 50.1 Å². The number of amides is 2. The number of aliphatic hydroxyl groups is 4. The lowest BCUT2D eigenvalue weighted by molar-refractivity contribution is -0.261. The number of ether oxygens (including phenoxy) is 3. The number of unbranched alkanes of at least 4 members (excludes halogenated alkanes) is 7. The molecule has 2 aliphatic heterocycles. The number of nitrogens with two attached hydrogens (primary N) is 1. The molecule has 2 unspecified atom stereocenters. The lowest BCUT2D eigenvalue weighted by Crippen LogP contribution is -2.47. The number of aliphatic hydroxyl groups excluding tert-OH is 4. The highest BCUT2D eigenvalue weighted by Crippen LogP contribution is 2.61. The van der Waals surface area contributed by atoms with Gasteiger partial charge in [0.1, 0.15) is 42.4 Å². The van der Waals surface area contributed by atoms with Crippen LogP contribution in [-0.2, 0) is 60.2 Å². The van der Waals surface area contributed by atoms with Crippen molar-refractivity contribution in [2.45, 2.75) is 147 Å². The van der Waals surface area contributed by atoms with Gasteiger partial charge in [0.05, 0.1) is 31.7 Å². The Morgan fingerprint density at radius 1 is 0.900 bits per heavy atom. The number of hydrogen-bond donors (Lipinski definition) is 11. The van der Waals surface area contributed by atoms with Crippen molar-refractivity contribution in [2.24, 2.45) is 5.41 Å². The molecule has 32 heteroatoms. The van der Waals surface area contributed by atoms with Crippen LogP contribution in [0.5, 0.6) is 0 Å². The highest BCUT2D eigenvalue weighted by Gasteiger charge is 2.50. The number of nitrogens with one attached hydrogen (secondary N) is 2. The van der Waals surface area contributed by atoms with E-state index in [1.54, 1.807) is 6.92 Å². The van der Waals surface area contributed by atoms with Gasteiger partial charge in [0.15, 0.2) is 29.1 Å². The molecule has 4 heterocycles. The van der Waals surface area contributed by atoms with Gasteiger partial charge in [-0.1, -0.05) is 64.1 Å². The molecule has 2 amide bonds. The second-order valence-corrected chi connectivity index (χ2v) is 22.7. The number of phosphoric acid groups is 3. The topological polar surface area (TPSA) is 423 Å². The minimum absolute atomic E-state index is 0.0159. The van der Waals surface area contributed by atoms with Crippen molar-refractivity contribution in [1.29, 1.82) is 0 Å². The second-order valence-electron chi connectivity index (χ2n) is 17.3. The summed E-state index contributed by atoms with van der Waals surface area (Å²) in [5.41, 5.74) is 4.25. The largest absolute Gasteiger partial charge is 0.481 e. The number of aromatic nitrogens is 4. The first kappa shape index (κ1) is 60.0. The van der Waals surface area contributed by atoms with Crippen molar-refractivity contribution in [3.8, 4) is 0 Å². The average molecular weight is 1080 g/mol. The maximum absolute atomic E-state index is 12.7. The molecule has 2 aromatic rings. The van der Waals surface area contributed by atoms with Gasteiger partial charge in [-0.05, 0) is 19.8 Å². The summed E-state index contributed by atoms with van der Waals surface area (Å²) in [6.07, 6.45) is -1.23. The Kier molecular flexibility index (Phi) is 23.7. The Morgan fingerprint density at radius 2 is 1.56 bits per heavy atom. The van der Waals surface area contributed by atoms with Gasteiger partial charge in [-0.3, -0.25) is 32.5 Å². The molecule has 4 rings (SSSR count). The zero-order chi connectivity index (χ0) is 51.9. The Balaban J connectivity index is 1.05. The number of thioether (sulfide) groups is 1. The van der Waals surface area contributed by atoms with Crippen LogP contribution in [0, 0.1) is 5.41 Å². The highest BCUT2D eigenvalue weighted by molar-refractivity contribution is 8.13. The van der Waals surface area contributed by atoms with Crippen LogP contribution in [0.4, 0.5) is 5.82 Å². The third-order valence-corrected chi connectivity index (χ3v) is 15.0. The van der Waals surface area contributed by atoms with Crippen LogP contribution in [0.2, 0.25) is 0 Å². The summed E-state index contributed by atoms with van der Waals surface area (Å²) in [7, 11) is -16.4. The summed E-state index contributed by atoms with van der Waals surface area (Å²) in [5.74, 6) is -1.12. The fourth-order valence-electron chi connectivity index (χ4n) is 7.09.